The van der Waals surface area contributed by atoms with Crippen molar-refractivity contribution >= 4 is 17.5 Å². The molecular formula is C13H18ClN3O. The highest BCUT2D eigenvalue weighted by molar-refractivity contribution is 6.29. The number of hydrogen-bond acceptors (Lipinski definition) is 3. The molecule has 1 saturated heterocycles. The van der Waals surface area contributed by atoms with E-state index >= 15 is 0 Å². The molecule has 0 unspecified atom stereocenters. The summed E-state index contributed by atoms with van der Waals surface area (Å²) < 4.78 is 0. The van der Waals surface area contributed by atoms with Gasteiger partial charge in [0, 0.05) is 24.8 Å². The molecule has 0 atom stereocenters. The number of hydrogen-bond donors (Lipinski definition) is 0. The summed E-state index contributed by atoms with van der Waals surface area (Å²) in [5, 5.41) is 0.359. The van der Waals surface area contributed by atoms with Crippen molar-refractivity contribution in [2.45, 2.75) is 18.9 Å². The van der Waals surface area contributed by atoms with Crippen LogP contribution in [0.25, 0.3) is 0 Å². The van der Waals surface area contributed by atoms with Crippen LogP contribution in [0, 0.1) is 0 Å². The largest absolute Gasteiger partial charge is 0.339 e. The molecule has 2 heterocycles. The van der Waals surface area contributed by atoms with E-state index in [-0.39, 0.29) is 5.91 Å². The summed E-state index contributed by atoms with van der Waals surface area (Å²) in [7, 11) is 3.98. The molecule has 1 aromatic rings. The van der Waals surface area contributed by atoms with Crippen LogP contribution in [0.1, 0.15) is 23.2 Å². The van der Waals surface area contributed by atoms with E-state index in [9.17, 15) is 4.79 Å². The summed E-state index contributed by atoms with van der Waals surface area (Å²) >= 11 is 5.81. The van der Waals surface area contributed by atoms with Gasteiger partial charge in [0.05, 0.1) is 0 Å². The molecule has 0 saturated carbocycles. The zero-order valence-electron chi connectivity index (χ0n) is 10.8. The molecule has 0 N–H and O–H groups in total. The van der Waals surface area contributed by atoms with Crippen LogP contribution < -0.4 is 0 Å². The van der Waals surface area contributed by atoms with Gasteiger partial charge in [0.2, 0.25) is 0 Å². The topological polar surface area (TPSA) is 36.4 Å². The average Bonchev–Trinajstić information content (AvgIpc) is 2.38. The summed E-state index contributed by atoms with van der Waals surface area (Å²) in [6.45, 7) is 2.08. The highest BCUT2D eigenvalue weighted by atomic mass is 35.5. The van der Waals surface area contributed by atoms with Gasteiger partial charge in [-0.15, -0.1) is 0 Å². The Morgan fingerprint density at radius 1 is 1.50 bits per heavy atom. The Morgan fingerprint density at radius 3 is 2.78 bits per heavy atom. The van der Waals surface area contributed by atoms with Crippen LogP contribution in [0.5, 0.6) is 0 Å². The summed E-state index contributed by atoms with van der Waals surface area (Å²) in [5.41, 5.74) is 0.608. The minimum Gasteiger partial charge on any atom is -0.339 e. The number of halogens is 1. The zero-order valence-corrected chi connectivity index (χ0v) is 11.5. The second-order valence-corrected chi connectivity index (χ2v) is 5.20. The summed E-state index contributed by atoms with van der Waals surface area (Å²) in [5.74, 6) is 0.0221. The Labute approximate surface area is 113 Å². The van der Waals surface area contributed by atoms with Crippen LogP contribution in [-0.2, 0) is 0 Å². The molecule has 1 aliphatic rings. The highest BCUT2D eigenvalue weighted by Gasteiger charge is 2.24. The number of pyridine rings is 1. The SMILES string of the molecule is CN1CCC(N(C)C(=O)c2ccnc(Cl)c2)CC1. The maximum Gasteiger partial charge on any atom is 0.254 e. The molecule has 1 aliphatic heterocycles. The van der Waals surface area contributed by atoms with Crippen molar-refractivity contribution in [2.75, 3.05) is 27.2 Å². The summed E-state index contributed by atoms with van der Waals surface area (Å²) in [6, 6.07) is 3.65. The molecule has 0 spiro atoms. The van der Waals surface area contributed by atoms with Crippen molar-refractivity contribution in [1.82, 2.24) is 14.8 Å². The van der Waals surface area contributed by atoms with Crippen molar-refractivity contribution in [2.24, 2.45) is 0 Å². The number of piperidine rings is 1. The highest BCUT2D eigenvalue weighted by Crippen LogP contribution is 2.17. The first-order chi connectivity index (χ1) is 8.58. The van der Waals surface area contributed by atoms with Crippen LogP contribution in [0.3, 0.4) is 0 Å². The molecule has 1 amide bonds. The second-order valence-electron chi connectivity index (χ2n) is 4.82. The van der Waals surface area contributed by atoms with Gasteiger partial charge in [-0.05, 0) is 45.1 Å². The molecule has 0 bridgehead atoms. The van der Waals surface area contributed by atoms with Crippen molar-refractivity contribution in [3.63, 3.8) is 0 Å². The monoisotopic (exact) mass is 267 g/mol. The number of amides is 1. The van der Waals surface area contributed by atoms with Crippen LogP contribution in [-0.4, -0.2) is 53.9 Å². The van der Waals surface area contributed by atoms with Crippen molar-refractivity contribution in [3.05, 3.63) is 29.0 Å². The molecule has 1 fully saturated rings. The fourth-order valence-corrected chi connectivity index (χ4v) is 2.46. The van der Waals surface area contributed by atoms with Gasteiger partial charge in [0.1, 0.15) is 5.15 Å². The third-order valence-electron chi connectivity index (χ3n) is 3.53. The standard InChI is InChI=1S/C13H18ClN3O/c1-16-7-4-11(5-8-16)17(2)13(18)10-3-6-15-12(14)9-10/h3,6,9,11H,4-5,7-8H2,1-2H3. The van der Waals surface area contributed by atoms with E-state index in [0.717, 1.165) is 25.9 Å². The Balaban J connectivity index is 2.04. The summed E-state index contributed by atoms with van der Waals surface area (Å²) in [6.07, 6.45) is 3.62. The number of rotatable bonds is 2. The normalized spacial score (nSPS) is 17.7. The third kappa shape index (κ3) is 3.00. The van der Waals surface area contributed by atoms with Crippen molar-refractivity contribution in [3.8, 4) is 0 Å². The third-order valence-corrected chi connectivity index (χ3v) is 3.74. The van der Waals surface area contributed by atoms with E-state index in [1.807, 2.05) is 11.9 Å². The van der Waals surface area contributed by atoms with E-state index in [0.29, 0.717) is 16.8 Å². The number of nitrogens with zero attached hydrogens (tertiary/aromatic N) is 3. The zero-order chi connectivity index (χ0) is 13.1. The molecule has 98 valence electrons. The molecule has 5 heteroatoms. The fourth-order valence-electron chi connectivity index (χ4n) is 2.29. The Kier molecular flexibility index (Phi) is 4.19. The van der Waals surface area contributed by atoms with E-state index < -0.39 is 0 Å². The summed E-state index contributed by atoms with van der Waals surface area (Å²) in [4.78, 5) is 20.3. The molecule has 0 aromatic carbocycles. The first kappa shape index (κ1) is 13.3. The van der Waals surface area contributed by atoms with Gasteiger partial charge in [-0.1, -0.05) is 11.6 Å². The predicted molar refractivity (Wildman–Crippen MR) is 71.9 cm³/mol. The van der Waals surface area contributed by atoms with Gasteiger partial charge in [0.15, 0.2) is 0 Å². The number of likely N-dealkylation sites (tertiary alicyclic amines) is 1. The second kappa shape index (κ2) is 5.67. The number of carbonyl (C=O) groups excluding carboxylic acids is 1. The molecule has 0 radical (unpaired) electrons. The van der Waals surface area contributed by atoms with Crippen LogP contribution in [0.15, 0.2) is 18.3 Å². The Morgan fingerprint density at radius 2 is 2.17 bits per heavy atom. The van der Waals surface area contributed by atoms with Crippen LogP contribution in [0.2, 0.25) is 5.15 Å². The lowest BCUT2D eigenvalue weighted by Crippen LogP contribution is -2.44. The fraction of sp³-hybridized carbons (Fsp3) is 0.538. The van der Waals surface area contributed by atoms with E-state index in [1.165, 1.54) is 0 Å². The minimum atomic E-state index is 0.0221. The first-order valence-electron chi connectivity index (χ1n) is 6.15. The van der Waals surface area contributed by atoms with Gasteiger partial charge in [-0.2, -0.15) is 0 Å². The Hall–Kier alpha value is -1.13. The molecule has 0 aliphatic carbocycles. The van der Waals surface area contributed by atoms with Gasteiger partial charge < -0.3 is 9.80 Å². The van der Waals surface area contributed by atoms with Gasteiger partial charge in [0.25, 0.3) is 5.91 Å². The molecular weight excluding hydrogens is 250 g/mol. The van der Waals surface area contributed by atoms with Crippen LogP contribution >= 0.6 is 11.6 Å². The number of aromatic nitrogens is 1. The first-order valence-corrected chi connectivity index (χ1v) is 6.53. The molecule has 1 aromatic heterocycles. The average molecular weight is 268 g/mol. The van der Waals surface area contributed by atoms with Crippen molar-refractivity contribution < 1.29 is 4.79 Å². The van der Waals surface area contributed by atoms with Crippen molar-refractivity contribution in [1.29, 1.82) is 0 Å². The van der Waals surface area contributed by atoms with Crippen LogP contribution in [0.4, 0.5) is 0 Å². The lowest BCUT2D eigenvalue weighted by atomic mass is 10.0. The smallest absolute Gasteiger partial charge is 0.254 e. The minimum absolute atomic E-state index is 0.0221. The maximum atomic E-state index is 12.3. The molecule has 4 nitrogen and oxygen atoms in total. The lowest BCUT2D eigenvalue weighted by Gasteiger charge is -2.35. The maximum absolute atomic E-state index is 12.3. The molecule has 18 heavy (non-hydrogen) atoms. The van der Waals surface area contributed by atoms with Gasteiger partial charge in [-0.3, -0.25) is 4.79 Å². The predicted octanol–water partition coefficient (Wildman–Crippen LogP) is 1.90. The van der Waals surface area contributed by atoms with Gasteiger partial charge >= 0.3 is 0 Å². The van der Waals surface area contributed by atoms with E-state index in [4.69, 9.17) is 11.6 Å². The molecule has 2 rings (SSSR count). The van der Waals surface area contributed by atoms with E-state index in [1.54, 1.807) is 18.3 Å². The number of carbonyl (C=O) groups is 1. The van der Waals surface area contributed by atoms with Gasteiger partial charge in [-0.25, -0.2) is 4.98 Å². The lowest BCUT2D eigenvalue weighted by molar-refractivity contribution is 0.0659. The quantitative estimate of drug-likeness (QED) is 0.768. The van der Waals surface area contributed by atoms with E-state index in [2.05, 4.69) is 16.9 Å². The Bertz CT molecular complexity index is 430.